The Bertz CT molecular complexity index is 1330. The minimum Gasteiger partial charge on any atom is -0.497 e. The number of methoxy groups -OCH3 is 1. The van der Waals surface area contributed by atoms with Crippen LogP contribution in [0.15, 0.2) is 91.0 Å². The fourth-order valence-electron chi connectivity index (χ4n) is 4.16. The predicted molar refractivity (Wildman–Crippen MR) is 133 cm³/mol. The summed E-state index contributed by atoms with van der Waals surface area (Å²) in [4.78, 5) is 27.0. The lowest BCUT2D eigenvalue weighted by molar-refractivity contribution is -0.122. The summed E-state index contributed by atoms with van der Waals surface area (Å²) in [6, 6.07) is 28.5. The Hall–Kier alpha value is -4.32. The van der Waals surface area contributed by atoms with Gasteiger partial charge in [0.1, 0.15) is 17.2 Å². The fraction of sp³-hybridized carbons (Fsp3) is 0.143. The van der Waals surface area contributed by atoms with E-state index in [2.05, 4.69) is 5.32 Å². The quantitative estimate of drug-likeness (QED) is 0.412. The van der Waals surface area contributed by atoms with E-state index in [-0.39, 0.29) is 18.2 Å². The Labute approximate surface area is 197 Å². The highest BCUT2D eigenvalue weighted by molar-refractivity contribution is 6.03. The van der Waals surface area contributed by atoms with Gasteiger partial charge < -0.3 is 19.7 Å². The molecule has 6 heteroatoms. The van der Waals surface area contributed by atoms with E-state index in [9.17, 15) is 9.59 Å². The van der Waals surface area contributed by atoms with Gasteiger partial charge in [0, 0.05) is 29.7 Å². The van der Waals surface area contributed by atoms with Gasteiger partial charge in [-0.2, -0.15) is 0 Å². The maximum absolute atomic E-state index is 12.8. The van der Waals surface area contributed by atoms with E-state index in [4.69, 9.17) is 9.47 Å². The Kier molecular flexibility index (Phi) is 5.87. The number of ether oxygens (including phenoxy) is 2. The maximum atomic E-state index is 12.8. The first-order valence-electron chi connectivity index (χ1n) is 11.1. The molecule has 1 aliphatic rings. The molecule has 0 bridgehead atoms. The van der Waals surface area contributed by atoms with Crippen LogP contribution < -0.4 is 19.7 Å². The summed E-state index contributed by atoms with van der Waals surface area (Å²) in [5.74, 6) is 1.52. The molecule has 0 aromatic heterocycles. The van der Waals surface area contributed by atoms with Crippen molar-refractivity contribution in [1.82, 2.24) is 0 Å². The van der Waals surface area contributed by atoms with Crippen LogP contribution in [0.2, 0.25) is 0 Å². The van der Waals surface area contributed by atoms with Crippen molar-refractivity contribution in [2.75, 3.05) is 23.9 Å². The predicted octanol–water partition coefficient (Wildman–Crippen LogP) is 5.63. The van der Waals surface area contributed by atoms with Gasteiger partial charge in [0.05, 0.1) is 13.0 Å². The van der Waals surface area contributed by atoms with E-state index < -0.39 is 5.92 Å². The summed E-state index contributed by atoms with van der Waals surface area (Å²) in [7, 11) is 1.60. The average Bonchev–Trinajstić information content (AvgIpc) is 3.27. The van der Waals surface area contributed by atoms with E-state index in [1.54, 1.807) is 36.3 Å². The SMILES string of the molecule is COc1ccc(N2C[C@H](C(=O)Nc3ccc(Oc4cccc5ccccc45)cc3)CC2=O)cc1. The molecule has 1 heterocycles. The third kappa shape index (κ3) is 4.43. The zero-order valence-electron chi connectivity index (χ0n) is 18.7. The molecule has 170 valence electrons. The molecule has 0 radical (unpaired) electrons. The standard InChI is InChI=1S/C28H24N2O4/c1-33-23-15-11-22(12-16-23)30-18-20(17-27(30)31)28(32)29-21-9-13-24(14-10-21)34-26-8-4-6-19-5-2-3-7-25(19)26/h2-16,20H,17-18H2,1H3,(H,29,32)/t20-/m1/s1. The number of hydrogen-bond donors (Lipinski definition) is 1. The van der Waals surface area contributed by atoms with Gasteiger partial charge in [-0.15, -0.1) is 0 Å². The highest BCUT2D eigenvalue weighted by atomic mass is 16.5. The number of benzene rings is 4. The average molecular weight is 453 g/mol. The number of carbonyl (C=O) groups is 2. The molecule has 1 fully saturated rings. The second-order valence-corrected chi connectivity index (χ2v) is 8.20. The zero-order valence-corrected chi connectivity index (χ0v) is 18.7. The lowest BCUT2D eigenvalue weighted by Gasteiger charge is -2.17. The first kappa shape index (κ1) is 21.5. The van der Waals surface area contributed by atoms with Crippen molar-refractivity contribution >= 4 is 34.0 Å². The number of nitrogens with zero attached hydrogens (tertiary/aromatic N) is 1. The molecule has 2 amide bonds. The molecule has 0 aliphatic carbocycles. The number of rotatable bonds is 6. The number of anilines is 2. The van der Waals surface area contributed by atoms with Gasteiger partial charge in [-0.1, -0.05) is 36.4 Å². The van der Waals surface area contributed by atoms with Gasteiger partial charge in [-0.3, -0.25) is 9.59 Å². The zero-order chi connectivity index (χ0) is 23.5. The molecule has 4 aromatic rings. The number of amides is 2. The Morgan fingerprint density at radius 2 is 1.59 bits per heavy atom. The number of nitrogens with one attached hydrogen (secondary N) is 1. The molecular weight excluding hydrogens is 428 g/mol. The molecule has 0 spiro atoms. The maximum Gasteiger partial charge on any atom is 0.229 e. The Balaban J connectivity index is 1.22. The third-order valence-corrected chi connectivity index (χ3v) is 5.98. The lowest BCUT2D eigenvalue weighted by Crippen LogP contribution is -2.28. The summed E-state index contributed by atoms with van der Waals surface area (Å²) in [5, 5.41) is 5.07. The minimum atomic E-state index is -0.416. The Morgan fingerprint density at radius 1 is 0.882 bits per heavy atom. The van der Waals surface area contributed by atoms with Gasteiger partial charge >= 0.3 is 0 Å². The third-order valence-electron chi connectivity index (χ3n) is 5.98. The van der Waals surface area contributed by atoms with Crippen LogP contribution >= 0.6 is 0 Å². The smallest absolute Gasteiger partial charge is 0.229 e. The molecule has 6 nitrogen and oxygen atoms in total. The van der Waals surface area contributed by atoms with E-state index in [1.807, 2.05) is 66.7 Å². The van der Waals surface area contributed by atoms with Gasteiger partial charge in [0.25, 0.3) is 0 Å². The number of fused-ring (bicyclic) bond motifs is 1. The summed E-state index contributed by atoms with van der Waals surface area (Å²) >= 11 is 0. The summed E-state index contributed by atoms with van der Waals surface area (Å²) in [6.45, 7) is 0.346. The van der Waals surface area contributed by atoms with E-state index in [1.165, 1.54) is 0 Å². The molecule has 0 unspecified atom stereocenters. The van der Waals surface area contributed by atoms with Crippen LogP contribution in [0.3, 0.4) is 0 Å². The normalized spacial score (nSPS) is 15.4. The highest BCUT2D eigenvalue weighted by Crippen LogP contribution is 2.31. The van der Waals surface area contributed by atoms with Crippen molar-refractivity contribution in [3.8, 4) is 17.2 Å². The van der Waals surface area contributed by atoms with Gasteiger partial charge in [-0.05, 0) is 60.0 Å². The van der Waals surface area contributed by atoms with Crippen LogP contribution in [0, 0.1) is 5.92 Å². The minimum absolute atomic E-state index is 0.0656. The van der Waals surface area contributed by atoms with Crippen LogP contribution in [0.1, 0.15) is 6.42 Å². The topological polar surface area (TPSA) is 67.9 Å². The van der Waals surface area contributed by atoms with Crippen molar-refractivity contribution in [1.29, 1.82) is 0 Å². The van der Waals surface area contributed by atoms with Crippen molar-refractivity contribution in [3.05, 3.63) is 91.0 Å². The highest BCUT2D eigenvalue weighted by Gasteiger charge is 2.35. The lowest BCUT2D eigenvalue weighted by atomic mass is 10.1. The summed E-state index contributed by atoms with van der Waals surface area (Å²) in [6.07, 6.45) is 0.181. The van der Waals surface area contributed by atoms with Crippen LogP contribution in [-0.2, 0) is 9.59 Å². The van der Waals surface area contributed by atoms with E-state index in [0.717, 1.165) is 28.0 Å². The van der Waals surface area contributed by atoms with Crippen molar-refractivity contribution in [2.45, 2.75) is 6.42 Å². The first-order chi connectivity index (χ1) is 16.6. The summed E-state index contributed by atoms with van der Waals surface area (Å²) < 4.78 is 11.2. The van der Waals surface area contributed by atoms with Gasteiger partial charge in [0.15, 0.2) is 0 Å². The molecule has 1 N–H and O–H groups in total. The van der Waals surface area contributed by atoms with Crippen molar-refractivity contribution < 1.29 is 19.1 Å². The monoisotopic (exact) mass is 452 g/mol. The van der Waals surface area contributed by atoms with Crippen LogP contribution in [0.25, 0.3) is 10.8 Å². The Morgan fingerprint density at radius 3 is 2.35 bits per heavy atom. The number of carbonyl (C=O) groups excluding carboxylic acids is 2. The molecule has 1 atom stereocenters. The molecule has 1 aliphatic heterocycles. The van der Waals surface area contributed by atoms with E-state index in [0.29, 0.717) is 18.0 Å². The molecule has 5 rings (SSSR count). The fourth-order valence-corrected chi connectivity index (χ4v) is 4.16. The van der Waals surface area contributed by atoms with Gasteiger partial charge in [0.2, 0.25) is 11.8 Å². The molecule has 4 aromatic carbocycles. The van der Waals surface area contributed by atoms with Crippen LogP contribution in [-0.4, -0.2) is 25.5 Å². The molecular formula is C28H24N2O4. The summed E-state index contributed by atoms with van der Waals surface area (Å²) in [5.41, 5.74) is 1.42. The second-order valence-electron chi connectivity index (χ2n) is 8.20. The van der Waals surface area contributed by atoms with Crippen molar-refractivity contribution in [3.63, 3.8) is 0 Å². The first-order valence-corrected chi connectivity index (χ1v) is 11.1. The van der Waals surface area contributed by atoms with E-state index >= 15 is 0 Å². The molecule has 34 heavy (non-hydrogen) atoms. The second kappa shape index (κ2) is 9.27. The largest absolute Gasteiger partial charge is 0.497 e. The van der Waals surface area contributed by atoms with Crippen LogP contribution in [0.5, 0.6) is 17.2 Å². The van der Waals surface area contributed by atoms with Crippen LogP contribution in [0.4, 0.5) is 11.4 Å². The van der Waals surface area contributed by atoms with Crippen molar-refractivity contribution in [2.24, 2.45) is 5.92 Å². The molecule has 1 saturated heterocycles. The molecule has 0 saturated carbocycles. The van der Waals surface area contributed by atoms with Gasteiger partial charge in [-0.25, -0.2) is 0 Å². The number of hydrogen-bond acceptors (Lipinski definition) is 4.